The summed E-state index contributed by atoms with van der Waals surface area (Å²) in [6.45, 7) is 0.681. The predicted molar refractivity (Wildman–Crippen MR) is 69.5 cm³/mol. The fourth-order valence-electron chi connectivity index (χ4n) is 1.77. The van der Waals surface area contributed by atoms with Crippen molar-refractivity contribution in [1.29, 1.82) is 0 Å². The van der Waals surface area contributed by atoms with Crippen LogP contribution in [0.1, 0.15) is 5.82 Å². The molecule has 5 heteroatoms. The molecule has 0 aliphatic heterocycles. The number of nitrogens with one attached hydrogen (secondary N) is 2. The van der Waals surface area contributed by atoms with Crippen LogP contribution in [0.15, 0.2) is 55.4 Å². The Labute approximate surface area is 105 Å². The van der Waals surface area contributed by atoms with E-state index in [1.807, 2.05) is 35.2 Å². The molecule has 0 saturated carbocycles. The van der Waals surface area contributed by atoms with Crippen molar-refractivity contribution in [3.63, 3.8) is 0 Å². The predicted octanol–water partition coefficient (Wildman–Crippen LogP) is 2.21. The lowest BCUT2D eigenvalue weighted by atomic mass is 10.2. The van der Waals surface area contributed by atoms with E-state index in [4.69, 9.17) is 0 Å². The van der Waals surface area contributed by atoms with E-state index in [1.54, 1.807) is 18.7 Å². The van der Waals surface area contributed by atoms with Crippen LogP contribution in [0.5, 0.6) is 0 Å². The number of hydrogen-bond acceptors (Lipinski definition) is 3. The minimum Gasteiger partial charge on any atom is -0.378 e. The molecule has 0 aliphatic carbocycles. The lowest BCUT2D eigenvalue weighted by Gasteiger charge is -2.07. The van der Waals surface area contributed by atoms with Crippen LogP contribution in [0.2, 0.25) is 0 Å². The van der Waals surface area contributed by atoms with Gasteiger partial charge in [-0.15, -0.1) is 0 Å². The number of benzene rings is 1. The van der Waals surface area contributed by atoms with Crippen LogP contribution >= 0.6 is 0 Å². The Hall–Kier alpha value is -2.56. The minimum atomic E-state index is 0.681. The van der Waals surface area contributed by atoms with Gasteiger partial charge < -0.3 is 14.9 Å². The average molecular weight is 239 g/mol. The quantitative estimate of drug-likeness (QED) is 0.733. The van der Waals surface area contributed by atoms with Crippen LogP contribution in [-0.2, 0) is 6.54 Å². The van der Waals surface area contributed by atoms with Crippen molar-refractivity contribution >= 4 is 5.69 Å². The van der Waals surface area contributed by atoms with E-state index >= 15 is 0 Å². The topological polar surface area (TPSA) is 58.5 Å². The third-order valence-electron chi connectivity index (χ3n) is 2.66. The summed E-state index contributed by atoms with van der Waals surface area (Å²) >= 11 is 0. The van der Waals surface area contributed by atoms with Crippen LogP contribution in [0.3, 0.4) is 0 Å². The van der Waals surface area contributed by atoms with Crippen molar-refractivity contribution in [2.45, 2.75) is 6.54 Å². The largest absolute Gasteiger partial charge is 0.378 e. The third kappa shape index (κ3) is 2.24. The molecule has 0 spiro atoms. The van der Waals surface area contributed by atoms with E-state index in [2.05, 4.69) is 26.3 Å². The third-order valence-corrected chi connectivity index (χ3v) is 2.66. The Morgan fingerprint density at radius 3 is 3.06 bits per heavy atom. The molecule has 5 nitrogen and oxygen atoms in total. The second-order valence-electron chi connectivity index (χ2n) is 3.91. The van der Waals surface area contributed by atoms with Crippen LogP contribution in [-0.4, -0.2) is 19.5 Å². The number of rotatable bonds is 4. The van der Waals surface area contributed by atoms with Gasteiger partial charge in [0, 0.05) is 36.2 Å². The van der Waals surface area contributed by atoms with Gasteiger partial charge in [-0.2, -0.15) is 0 Å². The summed E-state index contributed by atoms with van der Waals surface area (Å²) in [5.41, 5.74) is 2.13. The minimum absolute atomic E-state index is 0.681. The van der Waals surface area contributed by atoms with E-state index in [9.17, 15) is 0 Å². The molecule has 2 heterocycles. The van der Waals surface area contributed by atoms with E-state index in [-0.39, 0.29) is 0 Å². The van der Waals surface area contributed by atoms with Gasteiger partial charge >= 0.3 is 0 Å². The fourth-order valence-corrected chi connectivity index (χ4v) is 1.77. The first kappa shape index (κ1) is 10.6. The van der Waals surface area contributed by atoms with Crippen molar-refractivity contribution < 1.29 is 0 Å². The first-order valence-corrected chi connectivity index (χ1v) is 5.72. The highest BCUT2D eigenvalue weighted by molar-refractivity contribution is 5.51. The molecule has 0 bridgehead atoms. The van der Waals surface area contributed by atoms with Crippen LogP contribution in [0.25, 0.3) is 5.69 Å². The molecule has 0 amide bonds. The van der Waals surface area contributed by atoms with Gasteiger partial charge in [-0.1, -0.05) is 6.07 Å². The van der Waals surface area contributed by atoms with Gasteiger partial charge in [0.1, 0.15) is 5.82 Å². The van der Waals surface area contributed by atoms with Crippen molar-refractivity contribution in [2.24, 2.45) is 0 Å². The number of anilines is 1. The van der Waals surface area contributed by atoms with E-state index < -0.39 is 0 Å². The molecule has 18 heavy (non-hydrogen) atoms. The molecule has 1 aromatic carbocycles. The molecule has 0 atom stereocenters. The van der Waals surface area contributed by atoms with Crippen LogP contribution in [0.4, 0.5) is 5.69 Å². The SMILES string of the molecule is c1cc(NCc2ncc[nH]2)cc(-n2ccnc2)c1. The normalized spacial score (nSPS) is 10.4. The van der Waals surface area contributed by atoms with Gasteiger partial charge in [0.15, 0.2) is 0 Å². The number of aromatic nitrogens is 4. The van der Waals surface area contributed by atoms with Gasteiger partial charge in [-0.25, -0.2) is 9.97 Å². The van der Waals surface area contributed by atoms with Crippen molar-refractivity contribution in [3.8, 4) is 5.69 Å². The summed E-state index contributed by atoms with van der Waals surface area (Å²) in [6.07, 6.45) is 9.04. The summed E-state index contributed by atoms with van der Waals surface area (Å²) in [5.74, 6) is 0.919. The highest BCUT2D eigenvalue weighted by Gasteiger charge is 1.99. The zero-order chi connectivity index (χ0) is 12.2. The maximum absolute atomic E-state index is 4.17. The first-order valence-electron chi connectivity index (χ1n) is 5.72. The monoisotopic (exact) mass is 239 g/mol. The molecule has 0 fully saturated rings. The molecule has 3 aromatic rings. The molecule has 0 unspecified atom stereocenters. The van der Waals surface area contributed by atoms with Gasteiger partial charge in [0.25, 0.3) is 0 Å². The number of aromatic amines is 1. The highest BCUT2D eigenvalue weighted by Crippen LogP contribution is 2.14. The lowest BCUT2D eigenvalue weighted by molar-refractivity contribution is 0.996. The highest BCUT2D eigenvalue weighted by atomic mass is 15.0. The molecular formula is C13H13N5. The van der Waals surface area contributed by atoms with Crippen LogP contribution < -0.4 is 5.32 Å². The molecule has 2 N–H and O–H groups in total. The Kier molecular flexibility index (Phi) is 2.79. The Morgan fingerprint density at radius 2 is 2.28 bits per heavy atom. The molecule has 90 valence electrons. The van der Waals surface area contributed by atoms with Gasteiger partial charge in [0.05, 0.1) is 12.9 Å². The van der Waals surface area contributed by atoms with Crippen molar-refractivity contribution in [1.82, 2.24) is 19.5 Å². The molecule has 0 saturated heterocycles. The lowest BCUT2D eigenvalue weighted by Crippen LogP contribution is -2.01. The first-order chi connectivity index (χ1) is 8.92. The molecule has 3 rings (SSSR count). The Balaban J connectivity index is 1.75. The number of hydrogen-bond donors (Lipinski definition) is 2. The number of H-pyrrole nitrogens is 1. The van der Waals surface area contributed by atoms with Crippen molar-refractivity contribution in [3.05, 3.63) is 61.2 Å². The zero-order valence-corrected chi connectivity index (χ0v) is 9.74. The van der Waals surface area contributed by atoms with E-state index in [1.165, 1.54) is 0 Å². The molecule has 0 radical (unpaired) electrons. The molecule has 2 aromatic heterocycles. The maximum Gasteiger partial charge on any atom is 0.125 e. The molecule has 0 aliphatic rings. The van der Waals surface area contributed by atoms with Gasteiger partial charge in [-0.3, -0.25) is 0 Å². The number of nitrogens with zero attached hydrogens (tertiary/aromatic N) is 3. The Morgan fingerprint density at radius 1 is 1.28 bits per heavy atom. The van der Waals surface area contributed by atoms with Crippen LogP contribution in [0, 0.1) is 0 Å². The zero-order valence-electron chi connectivity index (χ0n) is 9.74. The number of imidazole rings is 2. The summed E-state index contributed by atoms with van der Waals surface area (Å²) < 4.78 is 1.97. The second-order valence-corrected chi connectivity index (χ2v) is 3.91. The Bertz CT molecular complexity index is 598. The molecular weight excluding hydrogens is 226 g/mol. The van der Waals surface area contributed by atoms with E-state index in [0.717, 1.165) is 17.2 Å². The van der Waals surface area contributed by atoms with Crippen molar-refractivity contribution in [2.75, 3.05) is 5.32 Å². The summed E-state index contributed by atoms with van der Waals surface area (Å²) in [4.78, 5) is 11.3. The fraction of sp³-hybridized carbons (Fsp3) is 0.0769. The van der Waals surface area contributed by atoms with Gasteiger partial charge in [-0.05, 0) is 18.2 Å². The van der Waals surface area contributed by atoms with E-state index in [0.29, 0.717) is 6.54 Å². The maximum atomic E-state index is 4.17. The standard InChI is InChI=1S/C13H13N5/c1-2-11(17-9-13-15-4-5-16-13)8-12(3-1)18-7-6-14-10-18/h1-8,10,17H,9H2,(H,15,16). The smallest absolute Gasteiger partial charge is 0.125 e. The summed E-state index contributed by atoms with van der Waals surface area (Å²) in [6, 6.07) is 8.16. The summed E-state index contributed by atoms with van der Waals surface area (Å²) in [5, 5.41) is 3.32. The second kappa shape index (κ2) is 4.75. The average Bonchev–Trinajstić information content (AvgIpc) is 3.10. The van der Waals surface area contributed by atoms with Gasteiger partial charge in [0.2, 0.25) is 0 Å². The summed E-state index contributed by atoms with van der Waals surface area (Å²) in [7, 11) is 0.